The van der Waals surface area contributed by atoms with Gasteiger partial charge in [-0.2, -0.15) is 0 Å². The molecule has 0 saturated carbocycles. The summed E-state index contributed by atoms with van der Waals surface area (Å²) in [7, 11) is 0. The molecule has 2 unspecified atom stereocenters. The number of hydrogen-bond donors (Lipinski definition) is 0. The van der Waals surface area contributed by atoms with E-state index in [4.69, 9.17) is 0 Å². The summed E-state index contributed by atoms with van der Waals surface area (Å²) in [6.07, 6.45) is 25.4. The second-order valence-electron chi connectivity index (χ2n) is 28.2. The van der Waals surface area contributed by atoms with Gasteiger partial charge < -0.3 is 0 Å². The Bertz CT molecular complexity index is 3110. The molecule has 0 fully saturated rings. The minimum Gasteiger partial charge on any atom is -0.0654 e. The van der Waals surface area contributed by atoms with Crippen LogP contribution in [0.25, 0.3) is 44.5 Å². The molecule has 0 heterocycles. The number of hydrogen-bond acceptors (Lipinski definition) is 0. The molecule has 2 atom stereocenters. The smallest absolute Gasteiger partial charge is 0.0435 e. The average Bonchev–Trinajstić information content (AvgIpc) is 4.27. The van der Waals surface area contributed by atoms with Crippen molar-refractivity contribution >= 4 is 0 Å². The first-order valence-corrected chi connectivity index (χ1v) is 32.5. The zero-order chi connectivity index (χ0) is 56.2. The van der Waals surface area contributed by atoms with Crippen LogP contribution in [0.1, 0.15) is 278 Å². The van der Waals surface area contributed by atoms with Gasteiger partial charge >= 0.3 is 0 Å². The minimum atomic E-state index is -0.379. The summed E-state index contributed by atoms with van der Waals surface area (Å²) in [4.78, 5) is 0. The quantitative estimate of drug-likeness (QED) is 0.0594. The van der Waals surface area contributed by atoms with E-state index in [1.807, 2.05) is 0 Å². The van der Waals surface area contributed by atoms with E-state index in [1.54, 1.807) is 22.3 Å². The third-order valence-corrected chi connectivity index (χ3v) is 21.2. The van der Waals surface area contributed by atoms with Crippen LogP contribution in [0.3, 0.4) is 0 Å². The number of rotatable bonds is 22. The van der Waals surface area contributed by atoms with Crippen molar-refractivity contribution in [2.24, 2.45) is 0 Å². The predicted molar refractivity (Wildman–Crippen MR) is 346 cm³/mol. The molecule has 0 nitrogen and oxygen atoms in total. The van der Waals surface area contributed by atoms with Gasteiger partial charge in [-0.05, 0) is 198 Å². The Morgan fingerprint density at radius 1 is 0.275 bits per heavy atom. The van der Waals surface area contributed by atoms with E-state index in [9.17, 15) is 0 Å². The molecule has 0 aliphatic heterocycles. The van der Waals surface area contributed by atoms with Crippen molar-refractivity contribution in [2.45, 2.75) is 244 Å². The molecule has 0 saturated heterocycles. The molecule has 7 aromatic rings. The average molecular weight is 1060 g/mol. The van der Waals surface area contributed by atoms with E-state index in [-0.39, 0.29) is 32.5 Å². The second kappa shape index (κ2) is 22.0. The van der Waals surface area contributed by atoms with Crippen LogP contribution in [-0.4, -0.2) is 0 Å². The molecule has 0 aromatic heterocycles. The highest BCUT2D eigenvalue weighted by atomic mass is 14.5. The Balaban J connectivity index is 1.19. The number of fused-ring (bicyclic) bond motifs is 12. The fourth-order valence-electron chi connectivity index (χ4n) is 16.4. The summed E-state index contributed by atoms with van der Waals surface area (Å²) in [6.45, 7) is 28.8. The van der Waals surface area contributed by atoms with Crippen LogP contribution in [0.4, 0.5) is 0 Å². The summed E-state index contributed by atoms with van der Waals surface area (Å²) in [5, 5.41) is 0. The molecule has 0 spiro atoms. The Labute approximate surface area is 486 Å². The van der Waals surface area contributed by atoms with Gasteiger partial charge in [0.2, 0.25) is 0 Å². The lowest BCUT2D eigenvalue weighted by Gasteiger charge is -2.34. The Morgan fingerprint density at radius 3 is 0.812 bits per heavy atom. The Hall–Kier alpha value is -5.46. The molecule has 4 aliphatic rings. The van der Waals surface area contributed by atoms with Gasteiger partial charge in [0.1, 0.15) is 0 Å². The summed E-state index contributed by atoms with van der Waals surface area (Å²) in [5.74, 6) is 0. The summed E-state index contributed by atoms with van der Waals surface area (Å²) in [5.41, 5.74) is 28.9. The standard InChI is InChI=1S/C80H98/c1-13-17-21-29-45-79(46-30-22-18-14-2)67-35-27-25-33-59(67)61-49-69-65(53-73(61)79)63-51-72-64(52-71(63)77(69,11)57-41-37-55(38-42-57)75(5,6)7)66-54-74-62(50-70(66)78(72,12)58-43-39-56(40-44-58)76(8,9)10)60-34-26-28-36-68(60)80(74,47-31-23-19-15-3)48-32-24-20-16-4/h25-28,33-44,49-54H,13-24,29-32,45-48H2,1-12H3. The van der Waals surface area contributed by atoms with Crippen molar-refractivity contribution in [1.29, 1.82) is 0 Å². The van der Waals surface area contributed by atoms with Crippen LogP contribution in [0.2, 0.25) is 0 Å². The first-order valence-electron chi connectivity index (χ1n) is 32.5. The van der Waals surface area contributed by atoms with Gasteiger partial charge in [-0.25, -0.2) is 0 Å². The van der Waals surface area contributed by atoms with Crippen molar-refractivity contribution in [3.8, 4) is 44.5 Å². The fourth-order valence-corrected chi connectivity index (χ4v) is 16.4. The van der Waals surface area contributed by atoms with Crippen LogP contribution in [0, 0.1) is 0 Å². The third-order valence-electron chi connectivity index (χ3n) is 21.2. The van der Waals surface area contributed by atoms with Crippen LogP contribution in [-0.2, 0) is 32.5 Å². The molecular weight excluding hydrogens is 961 g/mol. The molecular formula is C80H98. The highest BCUT2D eigenvalue weighted by molar-refractivity contribution is 5.97. The molecule has 418 valence electrons. The van der Waals surface area contributed by atoms with Gasteiger partial charge in [-0.1, -0.05) is 269 Å². The highest BCUT2D eigenvalue weighted by Gasteiger charge is 2.51. The molecule has 80 heavy (non-hydrogen) atoms. The lowest BCUT2D eigenvalue weighted by molar-refractivity contribution is 0.401. The maximum Gasteiger partial charge on any atom is 0.0435 e. The van der Waals surface area contributed by atoms with Gasteiger partial charge in [0.25, 0.3) is 0 Å². The SMILES string of the molecule is CCCCCCC1(CCCCCC)c2ccccc2-c2cc3c(cc21)-c1cc2c(cc1C3(C)c1ccc(C(C)(C)C)cc1)-c1cc3c(cc1C2(C)c1ccc(C(C)(C)C)cc1)-c1ccccc1C3(CCCCCC)CCCCCC. The van der Waals surface area contributed by atoms with Gasteiger partial charge in [-0.15, -0.1) is 0 Å². The number of benzene rings is 7. The highest BCUT2D eigenvalue weighted by Crippen LogP contribution is 2.65. The van der Waals surface area contributed by atoms with Gasteiger partial charge in [0, 0.05) is 21.7 Å². The zero-order valence-corrected chi connectivity index (χ0v) is 51.8. The van der Waals surface area contributed by atoms with Crippen molar-refractivity contribution in [3.63, 3.8) is 0 Å². The van der Waals surface area contributed by atoms with E-state index in [1.165, 1.54) is 217 Å². The molecule has 0 bridgehead atoms. The lowest BCUT2D eigenvalue weighted by atomic mass is 9.69. The fraction of sp³-hybridized carbons (Fsp3) is 0.475. The molecule has 0 heteroatoms. The van der Waals surface area contributed by atoms with E-state index < -0.39 is 0 Å². The first-order chi connectivity index (χ1) is 38.5. The molecule has 0 amide bonds. The summed E-state index contributed by atoms with van der Waals surface area (Å²) in [6, 6.07) is 55.7. The molecule has 11 rings (SSSR count). The van der Waals surface area contributed by atoms with Crippen molar-refractivity contribution in [2.75, 3.05) is 0 Å². The minimum absolute atomic E-state index is 0.00264. The topological polar surface area (TPSA) is 0 Å². The van der Waals surface area contributed by atoms with E-state index in [2.05, 4.69) is 217 Å². The first kappa shape index (κ1) is 56.4. The predicted octanol–water partition coefficient (Wildman–Crippen LogP) is 23.4. The number of unbranched alkanes of at least 4 members (excludes halogenated alkanes) is 12. The Morgan fingerprint density at radius 2 is 0.537 bits per heavy atom. The monoisotopic (exact) mass is 1060 g/mol. The van der Waals surface area contributed by atoms with Crippen molar-refractivity contribution < 1.29 is 0 Å². The maximum atomic E-state index is 2.79. The molecule has 7 aromatic carbocycles. The van der Waals surface area contributed by atoms with Crippen molar-refractivity contribution in [1.82, 2.24) is 0 Å². The summed E-state index contributed by atoms with van der Waals surface area (Å²) < 4.78 is 0. The summed E-state index contributed by atoms with van der Waals surface area (Å²) >= 11 is 0. The van der Waals surface area contributed by atoms with Gasteiger partial charge in [0.15, 0.2) is 0 Å². The maximum absolute atomic E-state index is 2.79. The van der Waals surface area contributed by atoms with Crippen LogP contribution in [0.15, 0.2) is 133 Å². The van der Waals surface area contributed by atoms with E-state index in [0.717, 1.165) is 0 Å². The Kier molecular flexibility index (Phi) is 15.5. The zero-order valence-electron chi connectivity index (χ0n) is 51.8. The molecule has 0 radical (unpaired) electrons. The third kappa shape index (κ3) is 9.23. The normalized spacial score (nSPS) is 18.6. The lowest BCUT2D eigenvalue weighted by Crippen LogP contribution is -2.26. The van der Waals surface area contributed by atoms with Crippen LogP contribution in [0.5, 0.6) is 0 Å². The second-order valence-corrected chi connectivity index (χ2v) is 28.2. The van der Waals surface area contributed by atoms with E-state index >= 15 is 0 Å². The van der Waals surface area contributed by atoms with E-state index in [0.29, 0.717) is 0 Å². The van der Waals surface area contributed by atoms with Crippen molar-refractivity contribution in [3.05, 3.63) is 200 Å². The molecule has 0 N–H and O–H groups in total. The van der Waals surface area contributed by atoms with Crippen LogP contribution >= 0.6 is 0 Å². The molecule has 4 aliphatic carbocycles. The largest absolute Gasteiger partial charge is 0.0654 e. The van der Waals surface area contributed by atoms with Gasteiger partial charge in [-0.3, -0.25) is 0 Å². The van der Waals surface area contributed by atoms with Gasteiger partial charge in [0.05, 0.1) is 0 Å². The van der Waals surface area contributed by atoms with Crippen LogP contribution < -0.4 is 0 Å².